The minimum atomic E-state index is -3.72. The highest BCUT2D eigenvalue weighted by molar-refractivity contribution is 7.91. The maximum Gasteiger partial charge on any atom is 0.167 e. The number of benzene rings is 1. The molecule has 1 aliphatic heterocycles. The van der Waals surface area contributed by atoms with Crippen LogP contribution in [0.2, 0.25) is 0 Å². The molecule has 4 rings (SSSR count). The van der Waals surface area contributed by atoms with Gasteiger partial charge in [0.1, 0.15) is 34.9 Å². The Bertz CT molecular complexity index is 1310. The van der Waals surface area contributed by atoms with Crippen molar-refractivity contribution in [2.75, 3.05) is 21.3 Å². The zero-order chi connectivity index (χ0) is 26.7. The molecule has 0 bridgehead atoms. The van der Waals surface area contributed by atoms with Crippen LogP contribution in [-0.2, 0) is 20.3 Å². The first-order chi connectivity index (χ1) is 17.7. The maximum absolute atomic E-state index is 13.7. The Morgan fingerprint density at radius 2 is 1.68 bits per heavy atom. The summed E-state index contributed by atoms with van der Waals surface area (Å²) in [6.07, 6.45) is 4.39. The summed E-state index contributed by atoms with van der Waals surface area (Å²) < 4.78 is 51.5. The second-order valence-corrected chi connectivity index (χ2v) is 11.5. The molecule has 4 atom stereocenters. The van der Waals surface area contributed by atoms with Crippen LogP contribution in [-0.4, -0.2) is 65.8 Å². The summed E-state index contributed by atoms with van der Waals surface area (Å²) in [5.41, 5.74) is 0.528. The second kappa shape index (κ2) is 11.0. The third kappa shape index (κ3) is 5.40. The van der Waals surface area contributed by atoms with Crippen molar-refractivity contribution in [1.82, 2.24) is 24.7 Å². The maximum atomic E-state index is 13.7. The van der Waals surface area contributed by atoms with Crippen molar-refractivity contribution in [3.63, 3.8) is 0 Å². The van der Waals surface area contributed by atoms with Gasteiger partial charge in [0.25, 0.3) is 0 Å². The number of rotatable bonds is 10. The molecule has 0 N–H and O–H groups in total. The molecule has 1 saturated heterocycles. The highest BCUT2D eigenvalue weighted by atomic mass is 32.2. The number of hydrogen-bond acceptors (Lipinski definition) is 10. The zero-order valence-electron chi connectivity index (χ0n) is 21.9. The Morgan fingerprint density at radius 1 is 1.03 bits per heavy atom. The molecule has 200 valence electrons. The van der Waals surface area contributed by atoms with Gasteiger partial charge in [-0.2, -0.15) is 0 Å². The standard InChI is InChI=1S/C25H33N5O6S/c1-15-10-11-21(36-15)25-29-28-22(30(25)23-19(34-5)8-7-9-20(23)35-6)14-37(31,32)17(3)16(2)24-26-12-18(33-4)13-27-24/h7-9,12-13,15-17,21H,10-11,14H2,1-6H3/t15-,16-,17-,21-/m0/s1. The van der Waals surface area contributed by atoms with Gasteiger partial charge in [0.05, 0.1) is 45.1 Å². The molecule has 12 heteroatoms. The van der Waals surface area contributed by atoms with Crippen molar-refractivity contribution < 1.29 is 27.4 Å². The molecular formula is C25H33N5O6S. The van der Waals surface area contributed by atoms with Gasteiger partial charge < -0.3 is 18.9 Å². The number of sulfone groups is 1. The molecule has 3 heterocycles. The highest BCUT2D eigenvalue weighted by Crippen LogP contribution is 2.39. The third-order valence-electron chi connectivity index (χ3n) is 6.79. The van der Waals surface area contributed by atoms with Gasteiger partial charge >= 0.3 is 0 Å². The summed E-state index contributed by atoms with van der Waals surface area (Å²) >= 11 is 0. The largest absolute Gasteiger partial charge is 0.494 e. The van der Waals surface area contributed by atoms with Gasteiger partial charge in [-0.1, -0.05) is 13.0 Å². The fraction of sp³-hybridized carbons (Fsp3) is 0.520. The number of para-hydroxylation sites is 1. The predicted octanol–water partition coefficient (Wildman–Crippen LogP) is 3.43. The Morgan fingerprint density at radius 3 is 2.22 bits per heavy atom. The van der Waals surface area contributed by atoms with Gasteiger partial charge in [-0.15, -0.1) is 10.2 Å². The molecule has 0 radical (unpaired) electrons. The fourth-order valence-corrected chi connectivity index (χ4v) is 5.97. The molecule has 0 unspecified atom stereocenters. The van der Waals surface area contributed by atoms with E-state index in [0.29, 0.717) is 34.6 Å². The van der Waals surface area contributed by atoms with Crippen molar-refractivity contribution in [2.45, 2.75) is 62.7 Å². The lowest BCUT2D eigenvalue weighted by Gasteiger charge is -2.21. The lowest BCUT2D eigenvalue weighted by atomic mass is 10.1. The van der Waals surface area contributed by atoms with Crippen LogP contribution < -0.4 is 14.2 Å². The van der Waals surface area contributed by atoms with E-state index < -0.39 is 21.0 Å². The number of methoxy groups -OCH3 is 3. The summed E-state index contributed by atoms with van der Waals surface area (Å²) in [5.74, 6) is 1.85. The lowest BCUT2D eigenvalue weighted by molar-refractivity contribution is 0.0491. The second-order valence-electron chi connectivity index (χ2n) is 9.12. The first-order valence-electron chi connectivity index (χ1n) is 12.1. The summed E-state index contributed by atoms with van der Waals surface area (Å²) in [6.45, 7) is 5.44. The molecule has 2 aromatic heterocycles. The van der Waals surface area contributed by atoms with Crippen LogP contribution in [0, 0.1) is 0 Å². The summed E-state index contributed by atoms with van der Waals surface area (Å²) in [5, 5.41) is 7.93. The van der Waals surface area contributed by atoms with Crippen LogP contribution >= 0.6 is 0 Å². The normalized spacial score (nSPS) is 19.4. The van der Waals surface area contributed by atoms with Crippen LogP contribution in [0.1, 0.15) is 63.1 Å². The van der Waals surface area contributed by atoms with Gasteiger partial charge in [0.2, 0.25) is 0 Å². The summed E-state index contributed by atoms with van der Waals surface area (Å²) in [6, 6.07) is 5.36. The first-order valence-corrected chi connectivity index (χ1v) is 13.8. The SMILES string of the molecule is COc1cnc([C@@H](C)[C@H](C)S(=O)(=O)Cc2nnc([C@@H]3CC[C@H](C)O3)n2-c2c(OC)cccc2OC)nc1. The molecule has 3 aromatic rings. The highest BCUT2D eigenvalue weighted by Gasteiger charge is 2.35. The molecule has 11 nitrogen and oxygen atoms in total. The Hall–Kier alpha value is -3.25. The zero-order valence-corrected chi connectivity index (χ0v) is 22.7. The molecule has 37 heavy (non-hydrogen) atoms. The molecule has 0 aliphatic carbocycles. The molecule has 0 saturated carbocycles. The fourth-order valence-electron chi connectivity index (χ4n) is 4.42. The third-order valence-corrected chi connectivity index (χ3v) is 8.99. The van der Waals surface area contributed by atoms with Crippen molar-refractivity contribution in [3.05, 3.63) is 48.1 Å². The average molecular weight is 532 g/mol. The minimum absolute atomic E-state index is 0.0623. The van der Waals surface area contributed by atoms with Crippen molar-refractivity contribution in [1.29, 1.82) is 0 Å². The molecule has 0 amide bonds. The molecule has 1 fully saturated rings. The quantitative estimate of drug-likeness (QED) is 0.384. The van der Waals surface area contributed by atoms with Gasteiger partial charge in [0.15, 0.2) is 27.2 Å². The molecule has 0 spiro atoms. The number of ether oxygens (including phenoxy) is 4. The smallest absolute Gasteiger partial charge is 0.167 e. The first kappa shape index (κ1) is 26.8. The topological polar surface area (TPSA) is 128 Å². The van der Waals surface area contributed by atoms with E-state index in [4.69, 9.17) is 18.9 Å². The minimum Gasteiger partial charge on any atom is -0.494 e. The summed E-state index contributed by atoms with van der Waals surface area (Å²) in [4.78, 5) is 8.56. The van der Waals surface area contributed by atoms with E-state index in [-0.39, 0.29) is 23.8 Å². The Labute approximate surface area is 217 Å². The number of nitrogens with zero attached hydrogens (tertiary/aromatic N) is 5. The Balaban J connectivity index is 1.75. The van der Waals surface area contributed by atoms with Crippen LogP contribution in [0.5, 0.6) is 17.2 Å². The molecule has 1 aliphatic rings. The van der Waals surface area contributed by atoms with E-state index in [1.54, 1.807) is 50.8 Å². The summed E-state index contributed by atoms with van der Waals surface area (Å²) in [7, 11) is 0.891. The van der Waals surface area contributed by atoms with E-state index in [1.165, 1.54) is 19.5 Å². The number of hydrogen-bond donors (Lipinski definition) is 0. The lowest BCUT2D eigenvalue weighted by Crippen LogP contribution is -2.27. The van der Waals surface area contributed by atoms with Crippen molar-refractivity contribution in [2.24, 2.45) is 0 Å². The van der Waals surface area contributed by atoms with E-state index in [9.17, 15) is 8.42 Å². The number of aromatic nitrogens is 5. The van der Waals surface area contributed by atoms with Gasteiger partial charge in [0, 0.05) is 5.92 Å². The van der Waals surface area contributed by atoms with Crippen LogP contribution in [0.15, 0.2) is 30.6 Å². The molecule has 1 aromatic carbocycles. The Kier molecular flexibility index (Phi) is 7.98. The van der Waals surface area contributed by atoms with Gasteiger partial charge in [-0.3, -0.25) is 4.57 Å². The van der Waals surface area contributed by atoms with Gasteiger partial charge in [-0.05, 0) is 38.8 Å². The van der Waals surface area contributed by atoms with Crippen molar-refractivity contribution >= 4 is 9.84 Å². The monoisotopic (exact) mass is 531 g/mol. The van der Waals surface area contributed by atoms with E-state index in [0.717, 1.165) is 12.8 Å². The van der Waals surface area contributed by atoms with E-state index in [2.05, 4.69) is 20.2 Å². The average Bonchev–Trinajstić information content (AvgIpc) is 3.52. The predicted molar refractivity (Wildman–Crippen MR) is 136 cm³/mol. The van der Waals surface area contributed by atoms with Gasteiger partial charge in [-0.25, -0.2) is 18.4 Å². The van der Waals surface area contributed by atoms with Crippen LogP contribution in [0.3, 0.4) is 0 Å². The van der Waals surface area contributed by atoms with Crippen molar-refractivity contribution in [3.8, 4) is 22.9 Å². The van der Waals surface area contributed by atoms with Crippen LogP contribution in [0.25, 0.3) is 5.69 Å². The van der Waals surface area contributed by atoms with Crippen LogP contribution in [0.4, 0.5) is 0 Å². The van der Waals surface area contributed by atoms with E-state index >= 15 is 0 Å². The molecular weight excluding hydrogens is 498 g/mol. The van der Waals surface area contributed by atoms with E-state index in [1.807, 2.05) is 6.92 Å².